The highest BCUT2D eigenvalue weighted by Gasteiger charge is 2.09. The summed E-state index contributed by atoms with van der Waals surface area (Å²) in [5.74, 6) is 0.328. The molecule has 32 heavy (non-hydrogen) atoms. The SMILES string of the molecule is COc1ccc(C(=O)Oc2cccc(/C=N\NC(=O)COc3ccc(Cl)cc3Cl)c2)cc1. The molecule has 0 fully saturated rings. The third kappa shape index (κ3) is 6.73. The van der Waals surface area contributed by atoms with E-state index < -0.39 is 11.9 Å². The molecule has 1 amide bonds. The van der Waals surface area contributed by atoms with Gasteiger partial charge in [0.1, 0.15) is 17.2 Å². The number of carbonyl (C=O) groups excluding carboxylic acids is 2. The van der Waals surface area contributed by atoms with Gasteiger partial charge in [0, 0.05) is 5.02 Å². The Morgan fingerprint density at radius 1 is 1.00 bits per heavy atom. The lowest BCUT2D eigenvalue weighted by Gasteiger charge is -2.07. The van der Waals surface area contributed by atoms with Crippen LogP contribution in [0.4, 0.5) is 0 Å². The fourth-order valence-electron chi connectivity index (χ4n) is 2.50. The molecule has 0 spiro atoms. The first-order chi connectivity index (χ1) is 15.4. The number of nitrogens with zero attached hydrogens (tertiary/aromatic N) is 1. The van der Waals surface area contributed by atoms with Crippen molar-refractivity contribution in [1.82, 2.24) is 5.43 Å². The smallest absolute Gasteiger partial charge is 0.343 e. The highest BCUT2D eigenvalue weighted by atomic mass is 35.5. The number of methoxy groups -OCH3 is 1. The average Bonchev–Trinajstić information content (AvgIpc) is 2.79. The highest BCUT2D eigenvalue weighted by molar-refractivity contribution is 6.35. The van der Waals surface area contributed by atoms with Crippen LogP contribution in [0.15, 0.2) is 71.8 Å². The van der Waals surface area contributed by atoms with Gasteiger partial charge in [0.05, 0.1) is 23.9 Å². The van der Waals surface area contributed by atoms with Crippen molar-refractivity contribution >= 4 is 41.3 Å². The summed E-state index contributed by atoms with van der Waals surface area (Å²) in [6.07, 6.45) is 1.41. The fourth-order valence-corrected chi connectivity index (χ4v) is 2.96. The number of halogens is 2. The van der Waals surface area contributed by atoms with Crippen LogP contribution in [0.25, 0.3) is 0 Å². The first-order valence-corrected chi connectivity index (χ1v) is 10.1. The number of hydrogen-bond donors (Lipinski definition) is 1. The Hall–Kier alpha value is -3.55. The summed E-state index contributed by atoms with van der Waals surface area (Å²) in [6, 6.07) is 18.0. The van der Waals surface area contributed by atoms with Crippen LogP contribution in [-0.2, 0) is 4.79 Å². The number of hydrazone groups is 1. The first kappa shape index (κ1) is 23.1. The number of rotatable bonds is 8. The second-order valence-corrected chi connectivity index (χ2v) is 7.19. The Morgan fingerprint density at radius 2 is 1.78 bits per heavy atom. The van der Waals surface area contributed by atoms with Gasteiger partial charge in [0.15, 0.2) is 6.61 Å². The second kappa shape index (κ2) is 11.2. The Bertz CT molecular complexity index is 1130. The van der Waals surface area contributed by atoms with Gasteiger partial charge in [-0.2, -0.15) is 5.10 Å². The van der Waals surface area contributed by atoms with Crippen LogP contribution in [-0.4, -0.2) is 31.8 Å². The summed E-state index contributed by atoms with van der Waals surface area (Å²) in [7, 11) is 1.55. The van der Waals surface area contributed by atoms with Gasteiger partial charge in [-0.15, -0.1) is 0 Å². The van der Waals surface area contributed by atoms with Crippen LogP contribution >= 0.6 is 23.2 Å². The first-order valence-electron chi connectivity index (χ1n) is 9.30. The molecule has 7 nitrogen and oxygen atoms in total. The van der Waals surface area contributed by atoms with Crippen LogP contribution in [0, 0.1) is 0 Å². The molecule has 3 aromatic carbocycles. The molecule has 1 N–H and O–H groups in total. The predicted molar refractivity (Wildman–Crippen MR) is 122 cm³/mol. The largest absolute Gasteiger partial charge is 0.497 e. The number of ether oxygens (including phenoxy) is 3. The third-order valence-electron chi connectivity index (χ3n) is 4.05. The van der Waals surface area contributed by atoms with Crippen molar-refractivity contribution in [2.75, 3.05) is 13.7 Å². The quantitative estimate of drug-likeness (QED) is 0.221. The molecular weight excluding hydrogens is 455 g/mol. The highest BCUT2D eigenvalue weighted by Crippen LogP contribution is 2.27. The Kier molecular flexibility index (Phi) is 8.08. The molecule has 9 heteroatoms. The lowest BCUT2D eigenvalue weighted by Crippen LogP contribution is -2.24. The van der Waals surface area contributed by atoms with Crippen molar-refractivity contribution in [3.05, 3.63) is 87.9 Å². The molecule has 164 valence electrons. The maximum atomic E-state index is 12.3. The molecule has 0 bridgehead atoms. The number of esters is 1. The van der Waals surface area contributed by atoms with Crippen molar-refractivity contribution < 1.29 is 23.8 Å². The molecule has 0 aromatic heterocycles. The molecule has 0 aliphatic carbocycles. The minimum atomic E-state index is -0.506. The lowest BCUT2D eigenvalue weighted by molar-refractivity contribution is -0.123. The Balaban J connectivity index is 1.52. The van der Waals surface area contributed by atoms with Crippen molar-refractivity contribution in [1.29, 1.82) is 0 Å². The minimum absolute atomic E-state index is 0.280. The maximum Gasteiger partial charge on any atom is 0.343 e. The predicted octanol–water partition coefficient (Wildman–Crippen LogP) is 4.75. The molecule has 0 radical (unpaired) electrons. The van der Waals surface area contributed by atoms with E-state index in [0.717, 1.165) is 0 Å². The molecule has 0 saturated heterocycles. The molecule has 0 unspecified atom stereocenters. The minimum Gasteiger partial charge on any atom is -0.497 e. The standard InChI is InChI=1S/C23H18Cl2N2O5/c1-30-18-8-5-16(6-9-18)23(29)32-19-4-2-3-15(11-19)13-26-27-22(28)14-31-21-10-7-17(24)12-20(21)25/h2-13H,14H2,1H3,(H,27,28)/b26-13-. The summed E-state index contributed by atoms with van der Waals surface area (Å²) in [4.78, 5) is 24.2. The molecule has 0 aliphatic heterocycles. The molecule has 3 rings (SSSR count). The van der Waals surface area contributed by atoms with E-state index in [9.17, 15) is 9.59 Å². The molecule has 0 saturated carbocycles. The number of nitrogens with one attached hydrogen (secondary N) is 1. The molecule has 3 aromatic rings. The van der Waals surface area contributed by atoms with E-state index in [4.69, 9.17) is 37.4 Å². The van der Waals surface area contributed by atoms with E-state index in [0.29, 0.717) is 38.4 Å². The van der Waals surface area contributed by atoms with Gasteiger partial charge in [0.2, 0.25) is 0 Å². The second-order valence-electron chi connectivity index (χ2n) is 6.35. The number of carbonyl (C=O) groups is 2. The fraction of sp³-hybridized carbons (Fsp3) is 0.0870. The van der Waals surface area contributed by atoms with E-state index in [-0.39, 0.29) is 6.61 Å². The van der Waals surface area contributed by atoms with E-state index in [1.807, 2.05) is 0 Å². The van der Waals surface area contributed by atoms with Gasteiger partial charge in [0.25, 0.3) is 5.91 Å². The number of hydrogen-bond acceptors (Lipinski definition) is 6. The summed E-state index contributed by atoms with van der Waals surface area (Å²) < 4.78 is 15.8. The van der Waals surface area contributed by atoms with Crippen LogP contribution in [0.1, 0.15) is 15.9 Å². The van der Waals surface area contributed by atoms with Crippen LogP contribution in [0.5, 0.6) is 17.2 Å². The van der Waals surface area contributed by atoms with Crippen molar-refractivity contribution in [2.45, 2.75) is 0 Å². The maximum absolute atomic E-state index is 12.3. The van der Waals surface area contributed by atoms with E-state index in [2.05, 4.69) is 10.5 Å². The molecule has 0 atom stereocenters. The molecule has 0 aliphatic rings. The van der Waals surface area contributed by atoms with Gasteiger partial charge in [-0.3, -0.25) is 4.79 Å². The zero-order chi connectivity index (χ0) is 22.9. The van der Waals surface area contributed by atoms with Gasteiger partial charge in [-0.1, -0.05) is 35.3 Å². The van der Waals surface area contributed by atoms with Gasteiger partial charge < -0.3 is 14.2 Å². The van der Waals surface area contributed by atoms with Crippen LogP contribution in [0.2, 0.25) is 10.0 Å². The van der Waals surface area contributed by atoms with Gasteiger partial charge in [-0.25, -0.2) is 10.2 Å². The Morgan fingerprint density at radius 3 is 2.50 bits per heavy atom. The zero-order valence-electron chi connectivity index (χ0n) is 16.9. The lowest BCUT2D eigenvalue weighted by atomic mass is 10.2. The molecule has 0 heterocycles. The van der Waals surface area contributed by atoms with E-state index in [1.165, 1.54) is 12.3 Å². The zero-order valence-corrected chi connectivity index (χ0v) is 18.4. The van der Waals surface area contributed by atoms with Gasteiger partial charge >= 0.3 is 5.97 Å². The normalized spacial score (nSPS) is 10.6. The van der Waals surface area contributed by atoms with Gasteiger partial charge in [-0.05, 0) is 60.2 Å². The number of amides is 1. The monoisotopic (exact) mass is 472 g/mol. The summed E-state index contributed by atoms with van der Waals surface area (Å²) in [5.41, 5.74) is 3.35. The summed E-state index contributed by atoms with van der Waals surface area (Å²) in [6.45, 7) is -0.280. The Labute approximate surface area is 194 Å². The van der Waals surface area contributed by atoms with E-state index >= 15 is 0 Å². The summed E-state index contributed by atoms with van der Waals surface area (Å²) in [5, 5.41) is 4.64. The van der Waals surface area contributed by atoms with Crippen molar-refractivity contribution in [2.24, 2.45) is 5.10 Å². The van der Waals surface area contributed by atoms with Crippen LogP contribution in [0.3, 0.4) is 0 Å². The number of benzene rings is 3. The third-order valence-corrected chi connectivity index (χ3v) is 4.58. The van der Waals surface area contributed by atoms with Crippen molar-refractivity contribution in [3.8, 4) is 17.2 Å². The van der Waals surface area contributed by atoms with Crippen molar-refractivity contribution in [3.63, 3.8) is 0 Å². The van der Waals surface area contributed by atoms with Crippen LogP contribution < -0.4 is 19.6 Å². The summed E-state index contributed by atoms with van der Waals surface area (Å²) >= 11 is 11.8. The molecular formula is C23H18Cl2N2O5. The topological polar surface area (TPSA) is 86.2 Å². The van der Waals surface area contributed by atoms with E-state index in [1.54, 1.807) is 67.8 Å². The average molecular weight is 473 g/mol.